The summed E-state index contributed by atoms with van der Waals surface area (Å²) in [5, 5.41) is 6.42. The number of nitrogens with one attached hydrogen (secondary N) is 2. The first-order valence-corrected chi connectivity index (χ1v) is 10.6. The van der Waals surface area contributed by atoms with Crippen LogP contribution >= 0.6 is 0 Å². The molecule has 0 radical (unpaired) electrons. The third-order valence-corrected chi connectivity index (χ3v) is 4.81. The van der Waals surface area contributed by atoms with Gasteiger partial charge in [0.2, 0.25) is 0 Å². The lowest BCUT2D eigenvalue weighted by Gasteiger charge is -2.10. The zero-order valence-corrected chi connectivity index (χ0v) is 19.5. The smallest absolute Gasteiger partial charge is 0.343 e. The number of hydrogen-bond donors (Lipinski definition) is 2. The van der Waals surface area contributed by atoms with E-state index in [0.29, 0.717) is 28.2 Å². The van der Waals surface area contributed by atoms with Crippen molar-refractivity contribution in [2.45, 2.75) is 6.92 Å². The van der Waals surface area contributed by atoms with Crippen LogP contribution in [0.3, 0.4) is 0 Å². The first kappa shape index (κ1) is 25.0. The minimum Gasteiger partial charge on any atom is -0.497 e. The van der Waals surface area contributed by atoms with E-state index in [4.69, 9.17) is 14.2 Å². The minimum absolute atomic E-state index is 0.228. The van der Waals surface area contributed by atoms with Gasteiger partial charge in [0.25, 0.3) is 11.8 Å². The normalized spacial score (nSPS) is 10.5. The quantitative estimate of drug-likeness (QED) is 0.213. The highest BCUT2D eigenvalue weighted by atomic mass is 16.6. The Kier molecular flexibility index (Phi) is 8.55. The van der Waals surface area contributed by atoms with Crippen LogP contribution in [0.15, 0.2) is 71.8 Å². The molecule has 9 heteroatoms. The van der Waals surface area contributed by atoms with Gasteiger partial charge in [0.05, 0.1) is 32.5 Å². The van der Waals surface area contributed by atoms with Gasteiger partial charge in [-0.1, -0.05) is 17.7 Å². The van der Waals surface area contributed by atoms with Gasteiger partial charge in [-0.2, -0.15) is 5.10 Å². The average molecular weight is 476 g/mol. The molecular formula is C26H25N3O6. The summed E-state index contributed by atoms with van der Waals surface area (Å²) in [4.78, 5) is 36.5. The summed E-state index contributed by atoms with van der Waals surface area (Å²) in [5.41, 5.74) is 4.71. The van der Waals surface area contributed by atoms with Gasteiger partial charge in [0.15, 0.2) is 11.5 Å². The molecule has 0 bridgehead atoms. The van der Waals surface area contributed by atoms with Gasteiger partial charge in [-0.3, -0.25) is 9.59 Å². The molecule has 3 aromatic rings. The summed E-state index contributed by atoms with van der Waals surface area (Å²) in [6.45, 7) is 1.65. The number of benzene rings is 3. The van der Waals surface area contributed by atoms with Crippen LogP contribution in [0.1, 0.15) is 31.8 Å². The largest absolute Gasteiger partial charge is 0.497 e. The van der Waals surface area contributed by atoms with Crippen LogP contribution in [0.2, 0.25) is 0 Å². The average Bonchev–Trinajstić information content (AvgIpc) is 2.88. The van der Waals surface area contributed by atoms with Gasteiger partial charge in [-0.25, -0.2) is 10.2 Å². The molecule has 0 atom stereocenters. The molecule has 0 saturated heterocycles. The van der Waals surface area contributed by atoms with E-state index in [-0.39, 0.29) is 18.2 Å². The number of carbonyl (C=O) groups excluding carboxylic acids is 3. The van der Waals surface area contributed by atoms with E-state index in [0.717, 1.165) is 5.56 Å². The second-order valence-corrected chi connectivity index (χ2v) is 7.37. The molecule has 3 rings (SSSR count). The number of rotatable bonds is 9. The van der Waals surface area contributed by atoms with Gasteiger partial charge in [-0.05, 0) is 67.1 Å². The fourth-order valence-corrected chi connectivity index (χ4v) is 3.00. The topological polar surface area (TPSA) is 115 Å². The molecule has 2 N–H and O–H groups in total. The number of aryl methyl sites for hydroxylation is 1. The minimum atomic E-state index is -0.549. The first-order chi connectivity index (χ1) is 16.9. The second-order valence-electron chi connectivity index (χ2n) is 7.37. The molecular weight excluding hydrogens is 450 g/mol. The van der Waals surface area contributed by atoms with Crippen molar-refractivity contribution in [3.8, 4) is 17.2 Å². The lowest BCUT2D eigenvalue weighted by atomic mass is 10.1. The number of ether oxygens (including phenoxy) is 3. The van der Waals surface area contributed by atoms with Crippen molar-refractivity contribution in [1.82, 2.24) is 10.7 Å². The van der Waals surface area contributed by atoms with Crippen LogP contribution < -0.4 is 25.0 Å². The lowest BCUT2D eigenvalue weighted by Crippen LogP contribution is -2.34. The number of hydrazone groups is 1. The predicted octanol–water partition coefficient (Wildman–Crippen LogP) is 3.11. The Morgan fingerprint density at radius 3 is 2.34 bits per heavy atom. The van der Waals surface area contributed by atoms with E-state index in [9.17, 15) is 14.4 Å². The summed E-state index contributed by atoms with van der Waals surface area (Å²) >= 11 is 0. The lowest BCUT2D eigenvalue weighted by molar-refractivity contribution is -0.120. The molecule has 35 heavy (non-hydrogen) atoms. The molecule has 0 unspecified atom stereocenters. The number of nitrogens with zero attached hydrogens (tertiary/aromatic N) is 1. The van der Waals surface area contributed by atoms with Gasteiger partial charge in [0.1, 0.15) is 5.75 Å². The summed E-state index contributed by atoms with van der Waals surface area (Å²) in [6, 6.07) is 18.4. The maximum atomic E-state index is 12.4. The zero-order valence-electron chi connectivity index (χ0n) is 19.5. The van der Waals surface area contributed by atoms with Gasteiger partial charge >= 0.3 is 5.97 Å². The van der Waals surface area contributed by atoms with Gasteiger partial charge in [0, 0.05) is 5.56 Å². The molecule has 0 aliphatic rings. The summed E-state index contributed by atoms with van der Waals surface area (Å²) in [6.07, 6.45) is 1.40. The van der Waals surface area contributed by atoms with Crippen molar-refractivity contribution in [2.24, 2.45) is 5.10 Å². The van der Waals surface area contributed by atoms with Crippen LogP contribution in [-0.2, 0) is 4.79 Å². The van der Waals surface area contributed by atoms with Crippen molar-refractivity contribution in [3.05, 3.63) is 89.0 Å². The molecule has 180 valence electrons. The third-order valence-electron chi connectivity index (χ3n) is 4.81. The Hall–Kier alpha value is -4.66. The van der Waals surface area contributed by atoms with Crippen molar-refractivity contribution >= 4 is 24.0 Å². The molecule has 2 amide bonds. The molecule has 0 saturated carbocycles. The third kappa shape index (κ3) is 7.16. The highest BCUT2D eigenvalue weighted by Crippen LogP contribution is 2.28. The maximum Gasteiger partial charge on any atom is 0.343 e. The number of carbonyl (C=O) groups is 3. The number of esters is 1. The van der Waals surface area contributed by atoms with Crippen molar-refractivity contribution in [3.63, 3.8) is 0 Å². The molecule has 0 aliphatic heterocycles. The van der Waals surface area contributed by atoms with Crippen molar-refractivity contribution in [2.75, 3.05) is 20.8 Å². The highest BCUT2D eigenvalue weighted by Gasteiger charge is 2.13. The summed E-state index contributed by atoms with van der Waals surface area (Å²) in [7, 11) is 2.98. The van der Waals surface area contributed by atoms with Crippen LogP contribution in [0, 0.1) is 6.92 Å². The Bertz CT molecular complexity index is 1240. The maximum absolute atomic E-state index is 12.4. The Balaban J connectivity index is 1.54. The van der Waals surface area contributed by atoms with E-state index in [1.165, 1.54) is 13.3 Å². The summed E-state index contributed by atoms with van der Waals surface area (Å²) in [5.74, 6) is -0.214. The van der Waals surface area contributed by atoms with Crippen LogP contribution in [0.25, 0.3) is 0 Å². The number of hydrogen-bond acceptors (Lipinski definition) is 7. The standard InChI is InChI=1S/C26H25N3O6/c1-17-5-4-6-20(13-17)25(31)27-16-24(30)29-28-15-18-7-12-22(23(14-18)34-3)35-26(32)19-8-10-21(33-2)11-9-19/h4-15H,16H2,1-3H3,(H,27,31)(H,29,30). The van der Waals surface area contributed by atoms with Gasteiger partial charge in [-0.15, -0.1) is 0 Å². The van der Waals surface area contributed by atoms with E-state index in [1.54, 1.807) is 67.8 Å². The van der Waals surface area contributed by atoms with Crippen LogP contribution in [0.4, 0.5) is 0 Å². The summed E-state index contributed by atoms with van der Waals surface area (Å²) < 4.78 is 15.8. The monoisotopic (exact) mass is 475 g/mol. The Morgan fingerprint density at radius 1 is 0.886 bits per heavy atom. The van der Waals surface area contributed by atoms with E-state index >= 15 is 0 Å². The number of amides is 2. The van der Waals surface area contributed by atoms with E-state index < -0.39 is 11.9 Å². The molecule has 9 nitrogen and oxygen atoms in total. The highest BCUT2D eigenvalue weighted by molar-refractivity contribution is 5.96. The Morgan fingerprint density at radius 2 is 1.66 bits per heavy atom. The second kappa shape index (κ2) is 12.0. The molecule has 0 heterocycles. The molecule has 0 fully saturated rings. The molecule has 0 spiro atoms. The zero-order chi connectivity index (χ0) is 25.2. The Labute approximate surface area is 202 Å². The molecule has 3 aromatic carbocycles. The van der Waals surface area contributed by atoms with E-state index in [1.807, 2.05) is 13.0 Å². The van der Waals surface area contributed by atoms with Crippen LogP contribution in [0.5, 0.6) is 17.2 Å². The van der Waals surface area contributed by atoms with Gasteiger partial charge < -0.3 is 19.5 Å². The van der Waals surface area contributed by atoms with Crippen LogP contribution in [-0.4, -0.2) is 44.8 Å². The SMILES string of the molecule is COc1ccc(C(=O)Oc2ccc(C=NNC(=O)CNC(=O)c3cccc(C)c3)cc2OC)cc1. The fourth-order valence-electron chi connectivity index (χ4n) is 3.00. The van der Waals surface area contributed by atoms with Crippen molar-refractivity contribution < 1.29 is 28.6 Å². The number of methoxy groups -OCH3 is 2. The first-order valence-electron chi connectivity index (χ1n) is 10.6. The predicted molar refractivity (Wildman–Crippen MR) is 130 cm³/mol. The molecule has 0 aliphatic carbocycles. The molecule has 0 aromatic heterocycles. The van der Waals surface area contributed by atoms with Crippen molar-refractivity contribution in [1.29, 1.82) is 0 Å². The fraction of sp³-hybridized carbons (Fsp3) is 0.154. The van der Waals surface area contributed by atoms with E-state index in [2.05, 4.69) is 15.8 Å².